The van der Waals surface area contributed by atoms with E-state index in [1.807, 2.05) is 0 Å². The van der Waals surface area contributed by atoms with Gasteiger partial charge in [0.1, 0.15) is 0 Å². The first-order chi connectivity index (χ1) is 9.34. The second-order valence-electron chi connectivity index (χ2n) is 5.49. The van der Waals surface area contributed by atoms with Crippen molar-refractivity contribution < 1.29 is 0 Å². The average Bonchev–Trinajstić information content (AvgIpc) is 2.40. The zero-order valence-corrected chi connectivity index (χ0v) is 15.0. The van der Waals surface area contributed by atoms with E-state index in [0.717, 1.165) is 4.47 Å². The van der Waals surface area contributed by atoms with Gasteiger partial charge >= 0.3 is 0 Å². The van der Waals surface area contributed by atoms with Gasteiger partial charge in [0.25, 0.3) is 0 Å². The van der Waals surface area contributed by atoms with Crippen molar-refractivity contribution in [2.45, 2.75) is 40.0 Å². The third-order valence-electron chi connectivity index (χ3n) is 4.26. The standard InChI is InChI=1S/C18H20BrCl/c1-10-9-11(2)13(4)17(12(10)3)18(20)15-7-6-8-16(19)14(15)5/h6-9,18H,1-5H3. The van der Waals surface area contributed by atoms with E-state index >= 15 is 0 Å². The fourth-order valence-electron chi connectivity index (χ4n) is 2.68. The topological polar surface area (TPSA) is 0 Å². The van der Waals surface area contributed by atoms with Gasteiger partial charge in [-0.25, -0.2) is 0 Å². The van der Waals surface area contributed by atoms with Gasteiger partial charge in [0.2, 0.25) is 0 Å². The lowest BCUT2D eigenvalue weighted by Crippen LogP contribution is -2.05. The van der Waals surface area contributed by atoms with E-state index in [1.54, 1.807) is 0 Å². The molecule has 106 valence electrons. The first-order valence-electron chi connectivity index (χ1n) is 6.81. The molecule has 0 aliphatic carbocycles. The molecule has 0 spiro atoms. The molecule has 0 fully saturated rings. The molecule has 2 rings (SSSR count). The number of hydrogen-bond donors (Lipinski definition) is 0. The zero-order chi connectivity index (χ0) is 15.0. The smallest absolute Gasteiger partial charge is 0.0843 e. The zero-order valence-electron chi connectivity index (χ0n) is 12.6. The molecule has 2 heteroatoms. The Morgan fingerprint density at radius 3 is 2.00 bits per heavy atom. The molecule has 0 heterocycles. The van der Waals surface area contributed by atoms with Crippen LogP contribution in [-0.2, 0) is 0 Å². The van der Waals surface area contributed by atoms with Gasteiger partial charge in [0.05, 0.1) is 5.38 Å². The summed E-state index contributed by atoms with van der Waals surface area (Å²) >= 11 is 10.4. The highest BCUT2D eigenvalue weighted by Crippen LogP contribution is 2.38. The van der Waals surface area contributed by atoms with Crippen LogP contribution in [0, 0.1) is 34.6 Å². The van der Waals surface area contributed by atoms with Crippen molar-refractivity contribution in [2.24, 2.45) is 0 Å². The highest BCUT2D eigenvalue weighted by Gasteiger charge is 2.20. The molecule has 0 aliphatic heterocycles. The Morgan fingerprint density at radius 2 is 1.45 bits per heavy atom. The summed E-state index contributed by atoms with van der Waals surface area (Å²) in [5.41, 5.74) is 8.86. The van der Waals surface area contributed by atoms with Crippen LogP contribution in [0.5, 0.6) is 0 Å². The Labute approximate surface area is 135 Å². The fourth-order valence-corrected chi connectivity index (χ4v) is 3.63. The highest BCUT2D eigenvalue weighted by molar-refractivity contribution is 9.10. The Kier molecular flexibility index (Phi) is 4.61. The van der Waals surface area contributed by atoms with Gasteiger partial charge in [-0.15, -0.1) is 11.6 Å². The molecule has 0 nitrogen and oxygen atoms in total. The summed E-state index contributed by atoms with van der Waals surface area (Å²) in [6.07, 6.45) is 0. The van der Waals surface area contributed by atoms with Gasteiger partial charge in [-0.1, -0.05) is 34.1 Å². The molecule has 20 heavy (non-hydrogen) atoms. The van der Waals surface area contributed by atoms with Crippen molar-refractivity contribution in [2.75, 3.05) is 0 Å². The molecular formula is C18H20BrCl. The maximum absolute atomic E-state index is 6.84. The van der Waals surface area contributed by atoms with Crippen molar-refractivity contribution in [1.82, 2.24) is 0 Å². The predicted molar refractivity (Wildman–Crippen MR) is 92.0 cm³/mol. The van der Waals surface area contributed by atoms with Crippen LogP contribution in [0.2, 0.25) is 0 Å². The van der Waals surface area contributed by atoms with Gasteiger partial charge < -0.3 is 0 Å². The second-order valence-corrected chi connectivity index (χ2v) is 6.78. The molecule has 0 aromatic heterocycles. The number of hydrogen-bond acceptors (Lipinski definition) is 0. The number of aryl methyl sites for hydroxylation is 2. The largest absolute Gasteiger partial charge is 0.113 e. The van der Waals surface area contributed by atoms with Gasteiger partial charge in [0.15, 0.2) is 0 Å². The Morgan fingerprint density at radius 1 is 0.900 bits per heavy atom. The summed E-state index contributed by atoms with van der Waals surface area (Å²) < 4.78 is 1.11. The minimum absolute atomic E-state index is 0.105. The van der Waals surface area contributed by atoms with Gasteiger partial charge in [-0.05, 0) is 79.6 Å². The maximum Gasteiger partial charge on any atom is 0.0843 e. The first-order valence-corrected chi connectivity index (χ1v) is 8.04. The second kappa shape index (κ2) is 5.91. The van der Waals surface area contributed by atoms with Crippen LogP contribution in [0.15, 0.2) is 28.7 Å². The summed E-state index contributed by atoms with van der Waals surface area (Å²) in [5, 5.41) is -0.105. The van der Waals surface area contributed by atoms with E-state index in [4.69, 9.17) is 11.6 Å². The average molecular weight is 352 g/mol. The van der Waals surface area contributed by atoms with Gasteiger partial charge in [-0.3, -0.25) is 0 Å². The van der Waals surface area contributed by atoms with Crippen molar-refractivity contribution in [3.8, 4) is 0 Å². The minimum atomic E-state index is -0.105. The minimum Gasteiger partial charge on any atom is -0.113 e. The lowest BCUT2D eigenvalue weighted by molar-refractivity contribution is 1.04. The molecule has 0 saturated carbocycles. The van der Waals surface area contributed by atoms with E-state index in [9.17, 15) is 0 Å². The summed E-state index contributed by atoms with van der Waals surface area (Å²) in [7, 11) is 0. The number of halogens is 2. The molecule has 1 atom stereocenters. The van der Waals surface area contributed by atoms with Crippen LogP contribution in [0.25, 0.3) is 0 Å². The van der Waals surface area contributed by atoms with Crippen LogP contribution in [0.3, 0.4) is 0 Å². The van der Waals surface area contributed by atoms with Crippen molar-refractivity contribution in [3.05, 3.63) is 67.7 Å². The molecule has 2 aromatic carbocycles. The number of rotatable bonds is 2. The van der Waals surface area contributed by atoms with Crippen molar-refractivity contribution in [3.63, 3.8) is 0 Å². The quantitative estimate of drug-likeness (QED) is 0.555. The van der Waals surface area contributed by atoms with Gasteiger partial charge in [0, 0.05) is 4.47 Å². The van der Waals surface area contributed by atoms with E-state index < -0.39 is 0 Å². The lowest BCUT2D eigenvalue weighted by Gasteiger charge is -2.21. The van der Waals surface area contributed by atoms with Crippen LogP contribution in [0.1, 0.15) is 44.3 Å². The molecule has 0 amide bonds. The maximum atomic E-state index is 6.84. The molecule has 0 N–H and O–H groups in total. The van der Waals surface area contributed by atoms with Crippen LogP contribution < -0.4 is 0 Å². The van der Waals surface area contributed by atoms with Crippen LogP contribution >= 0.6 is 27.5 Å². The normalized spacial score (nSPS) is 12.6. The Bertz CT molecular complexity index is 633. The summed E-state index contributed by atoms with van der Waals surface area (Å²) in [5.74, 6) is 0. The fraction of sp³-hybridized carbons (Fsp3) is 0.333. The number of alkyl halides is 1. The SMILES string of the molecule is Cc1cc(C)c(C)c(C(Cl)c2cccc(Br)c2C)c1C. The molecular weight excluding hydrogens is 332 g/mol. The third-order valence-corrected chi connectivity index (χ3v) is 5.57. The molecule has 0 radical (unpaired) electrons. The van der Waals surface area contributed by atoms with Crippen molar-refractivity contribution >= 4 is 27.5 Å². The third kappa shape index (κ3) is 2.66. The number of benzene rings is 2. The first kappa shape index (κ1) is 15.6. The molecule has 1 unspecified atom stereocenters. The highest BCUT2D eigenvalue weighted by atomic mass is 79.9. The summed E-state index contributed by atoms with van der Waals surface area (Å²) in [6.45, 7) is 10.8. The van der Waals surface area contributed by atoms with E-state index in [1.165, 1.54) is 38.9 Å². The summed E-state index contributed by atoms with van der Waals surface area (Å²) in [6, 6.07) is 8.47. The van der Waals surface area contributed by atoms with Crippen molar-refractivity contribution in [1.29, 1.82) is 0 Å². The van der Waals surface area contributed by atoms with E-state index in [2.05, 4.69) is 74.8 Å². The molecule has 0 aliphatic rings. The van der Waals surface area contributed by atoms with Crippen LogP contribution in [0.4, 0.5) is 0 Å². The molecule has 0 bridgehead atoms. The van der Waals surface area contributed by atoms with E-state index in [0.29, 0.717) is 0 Å². The van der Waals surface area contributed by atoms with E-state index in [-0.39, 0.29) is 5.38 Å². The lowest BCUT2D eigenvalue weighted by atomic mass is 9.89. The van der Waals surface area contributed by atoms with Crippen LogP contribution in [-0.4, -0.2) is 0 Å². The molecule has 2 aromatic rings. The summed E-state index contributed by atoms with van der Waals surface area (Å²) in [4.78, 5) is 0. The Balaban J connectivity index is 2.65. The monoisotopic (exact) mass is 350 g/mol. The van der Waals surface area contributed by atoms with Gasteiger partial charge in [-0.2, -0.15) is 0 Å². The predicted octanol–water partition coefficient (Wildman–Crippen LogP) is 6.32. The molecule has 0 saturated heterocycles. The Hall–Kier alpha value is -0.790.